The maximum Gasteiger partial charge on any atom is 0.337 e. The second kappa shape index (κ2) is 5.05. The summed E-state index contributed by atoms with van der Waals surface area (Å²) in [6.45, 7) is 0. The molecule has 4 heteroatoms. The summed E-state index contributed by atoms with van der Waals surface area (Å²) in [5, 5.41) is 17.5. The van der Waals surface area contributed by atoms with Gasteiger partial charge < -0.3 is 5.11 Å². The van der Waals surface area contributed by atoms with Crippen molar-refractivity contribution < 1.29 is 9.90 Å². The number of aromatic carboxylic acids is 1. The maximum absolute atomic E-state index is 10.8. The number of carboxylic acids is 1. The Kier molecular flexibility index (Phi) is 3.74. The third-order valence-electron chi connectivity index (χ3n) is 1.60. The van der Waals surface area contributed by atoms with Gasteiger partial charge in [0.15, 0.2) is 0 Å². The maximum atomic E-state index is 10.8. The van der Waals surface area contributed by atoms with E-state index in [-0.39, 0.29) is 12.0 Å². The molecule has 74 valence electrons. The number of nitrogens with zero attached hydrogens (tertiary/aromatic N) is 1. The van der Waals surface area contributed by atoms with Gasteiger partial charge in [0.1, 0.15) is 0 Å². The third kappa shape index (κ3) is 3.02. The van der Waals surface area contributed by atoms with Crippen LogP contribution in [0.4, 0.5) is 0 Å². The van der Waals surface area contributed by atoms with Gasteiger partial charge in [-0.2, -0.15) is 5.26 Å². The smallest absolute Gasteiger partial charge is 0.337 e. The summed E-state index contributed by atoms with van der Waals surface area (Å²) in [6, 6.07) is 6.27. The standard InChI is InChI=1S/C11H6ClNO2/c12-9-5-4-8(3-1-2-6-13)10(7-9)11(14)15/h4-5,7H,2H2,(H,14,15). The molecule has 0 saturated carbocycles. The molecule has 0 radical (unpaired) electrons. The van der Waals surface area contributed by atoms with Crippen LogP contribution in [0.25, 0.3) is 0 Å². The van der Waals surface area contributed by atoms with Crippen LogP contribution in [-0.4, -0.2) is 11.1 Å². The Morgan fingerprint density at radius 1 is 1.53 bits per heavy atom. The van der Waals surface area contributed by atoms with Crippen molar-refractivity contribution in [3.05, 3.63) is 34.3 Å². The van der Waals surface area contributed by atoms with Crippen molar-refractivity contribution >= 4 is 17.6 Å². The summed E-state index contributed by atoms with van der Waals surface area (Å²) in [5.41, 5.74) is 0.412. The molecular weight excluding hydrogens is 214 g/mol. The van der Waals surface area contributed by atoms with Gasteiger partial charge in [-0.15, -0.1) is 0 Å². The van der Waals surface area contributed by atoms with Crippen LogP contribution in [-0.2, 0) is 0 Å². The van der Waals surface area contributed by atoms with E-state index >= 15 is 0 Å². The third-order valence-corrected chi connectivity index (χ3v) is 1.84. The predicted molar refractivity (Wildman–Crippen MR) is 55.5 cm³/mol. The lowest BCUT2D eigenvalue weighted by Gasteiger charge is -1.98. The van der Waals surface area contributed by atoms with Crippen LogP contribution < -0.4 is 0 Å². The summed E-state index contributed by atoms with van der Waals surface area (Å²) in [5.74, 6) is 4.07. The van der Waals surface area contributed by atoms with Gasteiger partial charge in [-0.25, -0.2) is 4.79 Å². The number of hydrogen-bond acceptors (Lipinski definition) is 2. The Labute approximate surface area is 91.9 Å². The lowest BCUT2D eigenvalue weighted by atomic mass is 10.1. The number of nitriles is 1. The van der Waals surface area contributed by atoms with Crippen LogP contribution in [0.3, 0.4) is 0 Å². The van der Waals surface area contributed by atoms with Crippen molar-refractivity contribution in [3.63, 3.8) is 0 Å². The van der Waals surface area contributed by atoms with Crippen molar-refractivity contribution in [2.45, 2.75) is 6.42 Å². The van der Waals surface area contributed by atoms with Crippen LogP contribution in [0.2, 0.25) is 5.02 Å². The number of halogens is 1. The zero-order valence-corrected chi connectivity index (χ0v) is 8.38. The zero-order chi connectivity index (χ0) is 11.3. The zero-order valence-electron chi connectivity index (χ0n) is 7.62. The number of hydrogen-bond donors (Lipinski definition) is 1. The molecule has 0 aliphatic heterocycles. The summed E-state index contributed by atoms with van der Waals surface area (Å²) in [6.07, 6.45) is 0.0711. The Morgan fingerprint density at radius 2 is 2.27 bits per heavy atom. The minimum atomic E-state index is -1.08. The largest absolute Gasteiger partial charge is 0.478 e. The molecule has 0 aromatic heterocycles. The van der Waals surface area contributed by atoms with Gasteiger partial charge in [-0.1, -0.05) is 23.4 Å². The molecule has 0 unspecified atom stereocenters. The highest BCUT2D eigenvalue weighted by molar-refractivity contribution is 6.31. The predicted octanol–water partition coefficient (Wildman–Crippen LogP) is 2.30. The first kappa shape index (κ1) is 11.1. The van der Waals surface area contributed by atoms with Gasteiger partial charge in [0.25, 0.3) is 0 Å². The first-order chi connectivity index (χ1) is 7.15. The topological polar surface area (TPSA) is 61.1 Å². The fourth-order valence-electron chi connectivity index (χ4n) is 0.981. The Bertz CT molecular complexity index is 492. The average molecular weight is 220 g/mol. The van der Waals surface area contributed by atoms with Crippen LogP contribution in [0.1, 0.15) is 22.3 Å². The normalized spacial score (nSPS) is 8.53. The van der Waals surface area contributed by atoms with E-state index in [0.717, 1.165) is 0 Å². The van der Waals surface area contributed by atoms with Gasteiger partial charge in [0, 0.05) is 10.6 Å². The summed E-state index contributed by atoms with van der Waals surface area (Å²) >= 11 is 5.66. The molecule has 1 aromatic rings. The minimum absolute atomic E-state index is 0.0490. The van der Waals surface area contributed by atoms with E-state index in [4.69, 9.17) is 22.0 Å². The van der Waals surface area contributed by atoms with E-state index in [1.807, 2.05) is 6.07 Å². The average Bonchev–Trinajstić information content (AvgIpc) is 2.20. The Balaban J connectivity index is 3.15. The van der Waals surface area contributed by atoms with Gasteiger partial charge in [0.2, 0.25) is 0 Å². The van der Waals surface area contributed by atoms with Gasteiger partial charge in [0.05, 0.1) is 18.1 Å². The van der Waals surface area contributed by atoms with Gasteiger partial charge in [-0.3, -0.25) is 0 Å². The van der Waals surface area contributed by atoms with Crippen molar-refractivity contribution in [2.24, 2.45) is 0 Å². The lowest BCUT2D eigenvalue weighted by molar-refractivity contribution is 0.0696. The van der Waals surface area contributed by atoms with Gasteiger partial charge >= 0.3 is 5.97 Å². The van der Waals surface area contributed by atoms with E-state index in [2.05, 4.69) is 11.8 Å². The number of carboxylic acid groups (broad SMARTS) is 1. The SMILES string of the molecule is N#CCC#Cc1ccc(Cl)cc1C(=O)O. The quantitative estimate of drug-likeness (QED) is 0.738. The summed E-state index contributed by atoms with van der Waals surface area (Å²) in [4.78, 5) is 10.8. The molecular formula is C11H6ClNO2. The van der Waals surface area contributed by atoms with E-state index in [1.165, 1.54) is 12.1 Å². The van der Waals surface area contributed by atoms with Crippen molar-refractivity contribution in [2.75, 3.05) is 0 Å². The van der Waals surface area contributed by atoms with E-state index in [9.17, 15) is 4.79 Å². The summed E-state index contributed by atoms with van der Waals surface area (Å²) in [7, 11) is 0. The van der Waals surface area contributed by atoms with Crippen molar-refractivity contribution in [1.82, 2.24) is 0 Å². The number of benzene rings is 1. The molecule has 0 fully saturated rings. The Hall–Kier alpha value is -1.97. The van der Waals surface area contributed by atoms with E-state index < -0.39 is 5.97 Å². The molecule has 0 heterocycles. The molecule has 1 N–H and O–H groups in total. The monoisotopic (exact) mass is 219 g/mol. The molecule has 0 amide bonds. The van der Waals surface area contributed by atoms with Crippen LogP contribution in [0.5, 0.6) is 0 Å². The first-order valence-electron chi connectivity index (χ1n) is 4.04. The van der Waals surface area contributed by atoms with Gasteiger partial charge in [-0.05, 0) is 18.2 Å². The lowest BCUT2D eigenvalue weighted by Crippen LogP contribution is -1.99. The van der Waals surface area contributed by atoms with Crippen LogP contribution in [0, 0.1) is 23.2 Å². The van der Waals surface area contributed by atoms with Crippen molar-refractivity contribution in [1.29, 1.82) is 5.26 Å². The molecule has 0 aliphatic carbocycles. The van der Waals surface area contributed by atoms with E-state index in [0.29, 0.717) is 10.6 Å². The Morgan fingerprint density at radius 3 is 2.87 bits per heavy atom. The molecule has 0 saturated heterocycles. The molecule has 3 nitrogen and oxygen atoms in total. The molecule has 1 rings (SSSR count). The van der Waals surface area contributed by atoms with E-state index in [1.54, 1.807) is 6.07 Å². The molecule has 0 bridgehead atoms. The van der Waals surface area contributed by atoms with Crippen LogP contribution >= 0.6 is 11.6 Å². The number of carbonyl (C=O) groups is 1. The fraction of sp³-hybridized carbons (Fsp3) is 0.0909. The highest BCUT2D eigenvalue weighted by Crippen LogP contribution is 2.15. The highest BCUT2D eigenvalue weighted by atomic mass is 35.5. The number of rotatable bonds is 1. The van der Waals surface area contributed by atoms with Crippen molar-refractivity contribution in [3.8, 4) is 17.9 Å². The minimum Gasteiger partial charge on any atom is -0.478 e. The van der Waals surface area contributed by atoms with Crippen LogP contribution in [0.15, 0.2) is 18.2 Å². The summed E-state index contributed by atoms with van der Waals surface area (Å²) < 4.78 is 0. The molecule has 0 aliphatic rings. The molecule has 15 heavy (non-hydrogen) atoms. The molecule has 0 spiro atoms. The molecule has 1 aromatic carbocycles. The second-order valence-electron chi connectivity index (χ2n) is 2.63. The second-order valence-corrected chi connectivity index (χ2v) is 3.07. The fourth-order valence-corrected chi connectivity index (χ4v) is 1.15. The molecule has 0 atom stereocenters. The first-order valence-corrected chi connectivity index (χ1v) is 4.41. The highest BCUT2D eigenvalue weighted by Gasteiger charge is 2.08.